The number of carbonyl (C=O) groups is 13. The fourth-order valence-electron chi connectivity index (χ4n) is 10.2. The van der Waals surface area contributed by atoms with Gasteiger partial charge in [0.25, 0.3) is 0 Å². The number of ketones is 1. The van der Waals surface area contributed by atoms with Crippen molar-refractivity contribution in [1.29, 1.82) is 0 Å². The van der Waals surface area contributed by atoms with E-state index in [2.05, 4.69) is 63.5 Å². The predicted octanol–water partition coefficient (Wildman–Crippen LogP) is -3.29. The number of esters is 1. The van der Waals surface area contributed by atoms with Crippen LogP contribution in [0.1, 0.15) is 136 Å². The van der Waals surface area contributed by atoms with Gasteiger partial charge in [0.2, 0.25) is 65.0 Å². The van der Waals surface area contributed by atoms with Gasteiger partial charge in [-0.05, 0) is 62.3 Å². The minimum Gasteiger partial charge on any atom is -0.458 e. The van der Waals surface area contributed by atoms with Gasteiger partial charge >= 0.3 is 5.97 Å². The van der Waals surface area contributed by atoms with E-state index in [0.717, 1.165) is 0 Å². The molecule has 0 aliphatic carbocycles. The third-order valence-electron chi connectivity index (χ3n) is 17.2. The quantitative estimate of drug-likeness (QED) is 0.0246. The number of benzene rings is 2. The van der Waals surface area contributed by atoms with Crippen LogP contribution in [0.25, 0.3) is 0 Å². The molecule has 524 valence electrons. The molecule has 4 rings (SSSR count). The van der Waals surface area contributed by atoms with E-state index in [1.807, 2.05) is 0 Å². The summed E-state index contributed by atoms with van der Waals surface area (Å²) >= 11 is 0. The summed E-state index contributed by atoms with van der Waals surface area (Å²) in [6.07, 6.45) is -1.22. The molecular weight excluding hydrogens is 1230 g/mol. The molecule has 11 amide bonds. The normalized spacial score (nSPS) is 21.8. The lowest BCUT2D eigenvalue weighted by atomic mass is 9.94. The summed E-state index contributed by atoms with van der Waals surface area (Å²) in [5.74, 6) is -13.9. The Kier molecular flexibility index (Phi) is 31.1. The zero-order valence-corrected chi connectivity index (χ0v) is 55.6. The second-order valence-electron chi connectivity index (χ2n) is 24.5. The Bertz CT molecular complexity index is 3060. The van der Waals surface area contributed by atoms with Gasteiger partial charge in [0, 0.05) is 17.5 Å². The Morgan fingerprint density at radius 3 is 1.60 bits per heavy atom. The standard InChI is InChI=1S/C64H97N15O16/c1-11-31(5)47(75-54(85)41(65)26-37-20-22-39(23-21-37)52(83)38-18-16-15-17-19-38)59(90)73-44(29-80)57(88)71-42(24-25-46(66)82)55(86)76-49(33(7)13-3)61(92)77-48(32(6)12-2)60(91)74-45(30-81)58(89)79-51-36(10)95-63(94)50(34(8)14-4)78-56(87)43(27-40-28-68-64(67)70-40)72-53(84)35(9)69-62(51)93/h15-23,31-36,40-45,47-51,80-81H,11-14,24-30,65H2,1-10H3,(H2,66,82)(H,69,93)(H,71,88)(H,72,84)(H,73,90)(H,74,91)(H,75,85)(H,76,86)(H,77,92)(H,78,87)(H,79,89)(H3,67,68,70)/t31-,32-,33-,34-,35-,36-,40-,41+,42+,43-,44-,45-,47-,48-,49+,50-,51+/m0/s1. The number of guanidine groups is 1. The third kappa shape index (κ3) is 23.1. The van der Waals surface area contributed by atoms with Crippen molar-refractivity contribution in [2.45, 2.75) is 199 Å². The summed E-state index contributed by atoms with van der Waals surface area (Å²) in [5, 5.41) is 49.2. The number of nitrogens with zero attached hydrogens (tertiary/aromatic N) is 1. The van der Waals surface area contributed by atoms with Crippen molar-refractivity contribution < 1.29 is 77.3 Å². The number of nitrogens with two attached hydrogens (primary N) is 3. The summed E-state index contributed by atoms with van der Waals surface area (Å²) in [5.41, 5.74) is 19.1. The van der Waals surface area contributed by atoms with Crippen LogP contribution in [-0.4, -0.2) is 191 Å². The maximum absolute atomic E-state index is 14.4. The number of hydrogen-bond acceptors (Lipinski definition) is 20. The molecule has 31 heteroatoms. The number of cyclic esters (lactones) is 1. The lowest BCUT2D eigenvalue weighted by molar-refractivity contribution is -0.157. The van der Waals surface area contributed by atoms with Crippen LogP contribution >= 0.6 is 0 Å². The lowest BCUT2D eigenvalue weighted by Crippen LogP contribution is -2.63. The summed E-state index contributed by atoms with van der Waals surface area (Å²) in [6, 6.07) is -1.56. The number of aliphatic hydroxyl groups is 2. The summed E-state index contributed by atoms with van der Waals surface area (Å²) in [4.78, 5) is 183. The maximum atomic E-state index is 14.4. The molecule has 2 aromatic carbocycles. The number of ether oxygens (including phenoxy) is 1. The minimum absolute atomic E-state index is 0.0175. The molecular formula is C64H97N15O16. The topological polar surface area (TPSA) is 494 Å². The number of primary amides is 1. The first kappa shape index (κ1) is 78.3. The van der Waals surface area contributed by atoms with E-state index in [4.69, 9.17) is 21.9 Å². The molecule has 2 aromatic rings. The third-order valence-corrected chi connectivity index (χ3v) is 17.2. The van der Waals surface area contributed by atoms with Gasteiger partial charge in [-0.1, -0.05) is 136 Å². The van der Waals surface area contributed by atoms with Gasteiger partial charge in [0.15, 0.2) is 11.7 Å². The molecule has 95 heavy (non-hydrogen) atoms. The predicted molar refractivity (Wildman–Crippen MR) is 347 cm³/mol. The van der Waals surface area contributed by atoms with Gasteiger partial charge in [-0.15, -0.1) is 0 Å². The first-order chi connectivity index (χ1) is 44.9. The largest absolute Gasteiger partial charge is 0.458 e. The molecule has 0 radical (unpaired) electrons. The molecule has 1 fully saturated rings. The fraction of sp³-hybridized carbons (Fsp3) is 0.594. The van der Waals surface area contributed by atoms with Crippen molar-refractivity contribution >= 4 is 82.7 Å². The maximum Gasteiger partial charge on any atom is 0.329 e. The van der Waals surface area contributed by atoms with E-state index in [0.29, 0.717) is 29.5 Å². The van der Waals surface area contributed by atoms with E-state index < -0.39 is 199 Å². The molecule has 17 atom stereocenters. The van der Waals surface area contributed by atoms with Crippen molar-refractivity contribution in [3.05, 3.63) is 71.3 Å². The smallest absolute Gasteiger partial charge is 0.329 e. The number of carbonyl (C=O) groups excluding carboxylic acids is 13. The zero-order valence-electron chi connectivity index (χ0n) is 55.6. The number of rotatable bonds is 33. The monoisotopic (exact) mass is 1330 g/mol. The average Bonchev–Trinajstić information content (AvgIpc) is 1.81. The number of nitrogens with one attached hydrogen (secondary N) is 11. The molecule has 0 spiro atoms. The number of hydrogen-bond donors (Lipinski definition) is 16. The molecule has 2 aliphatic heterocycles. The molecule has 0 unspecified atom stereocenters. The first-order valence-corrected chi connectivity index (χ1v) is 32.2. The summed E-state index contributed by atoms with van der Waals surface area (Å²) < 4.78 is 5.73. The van der Waals surface area contributed by atoms with E-state index in [9.17, 15) is 72.5 Å². The lowest BCUT2D eigenvalue weighted by Gasteiger charge is -2.31. The average molecular weight is 1330 g/mol. The second-order valence-corrected chi connectivity index (χ2v) is 24.5. The molecule has 0 aromatic heterocycles. The molecule has 19 N–H and O–H groups in total. The second kappa shape index (κ2) is 37.7. The van der Waals surface area contributed by atoms with Crippen molar-refractivity contribution in [2.24, 2.45) is 45.9 Å². The Hall–Kier alpha value is -9.10. The van der Waals surface area contributed by atoms with Gasteiger partial charge < -0.3 is 90.6 Å². The molecule has 2 heterocycles. The van der Waals surface area contributed by atoms with Crippen LogP contribution < -0.4 is 75.7 Å². The first-order valence-electron chi connectivity index (χ1n) is 32.2. The Balaban J connectivity index is 1.49. The van der Waals surface area contributed by atoms with Crippen LogP contribution in [0.4, 0.5) is 0 Å². The van der Waals surface area contributed by atoms with Crippen LogP contribution in [-0.2, 0) is 68.7 Å². The van der Waals surface area contributed by atoms with Crippen LogP contribution in [0.5, 0.6) is 0 Å². The van der Waals surface area contributed by atoms with Crippen LogP contribution in [0, 0.1) is 23.7 Å². The highest BCUT2D eigenvalue weighted by atomic mass is 16.5. The molecule has 0 saturated carbocycles. The van der Waals surface area contributed by atoms with Gasteiger partial charge in [-0.2, -0.15) is 0 Å². The molecule has 31 nitrogen and oxygen atoms in total. The summed E-state index contributed by atoms with van der Waals surface area (Å²) in [7, 11) is 0. The van der Waals surface area contributed by atoms with Crippen LogP contribution in [0.2, 0.25) is 0 Å². The van der Waals surface area contributed by atoms with E-state index in [-0.39, 0.29) is 44.0 Å². The van der Waals surface area contributed by atoms with Crippen molar-refractivity contribution in [3.63, 3.8) is 0 Å². The summed E-state index contributed by atoms with van der Waals surface area (Å²) in [6.45, 7) is 14.1. The van der Waals surface area contributed by atoms with E-state index >= 15 is 0 Å². The Labute approximate surface area is 552 Å². The van der Waals surface area contributed by atoms with Gasteiger partial charge in [0.05, 0.1) is 31.8 Å². The van der Waals surface area contributed by atoms with Gasteiger partial charge in [0.1, 0.15) is 66.5 Å². The highest BCUT2D eigenvalue weighted by molar-refractivity contribution is 6.09. The van der Waals surface area contributed by atoms with Crippen molar-refractivity contribution in [1.82, 2.24) is 58.5 Å². The molecule has 1 saturated heterocycles. The van der Waals surface area contributed by atoms with E-state index in [1.165, 1.54) is 13.8 Å². The zero-order chi connectivity index (χ0) is 71.0. The minimum atomic E-state index is -1.84. The number of aliphatic imine (C=N–C) groups is 1. The van der Waals surface area contributed by atoms with Gasteiger partial charge in [-0.25, -0.2) is 4.79 Å². The van der Waals surface area contributed by atoms with Crippen molar-refractivity contribution in [2.75, 3.05) is 19.8 Å². The SMILES string of the molecule is CC[C@H](C)[C@H](NC(=O)[C@H](N)Cc1ccc(C(=O)c2ccccc2)cc1)C(=O)N[C@@H](CO)C(=O)N[C@H](CCC(N)=O)C(=O)N[C@@H](C(=O)N[C@H](C(=O)N[C@@H](CO)C(=O)N[C@H]1C(=O)N[C@@H](C)C(=O)N[C@@H](C[C@H]2CN=C(N)N2)C(=O)N[C@@H]([C@@H](C)CC)C(=O)O[C@H]1C)[C@@H](C)CC)[C@@H](C)CC. The molecule has 0 bridgehead atoms. The van der Waals surface area contributed by atoms with Crippen LogP contribution in [0.3, 0.4) is 0 Å². The number of aliphatic hydroxyl groups excluding tert-OH is 2. The Morgan fingerprint density at radius 1 is 0.600 bits per heavy atom. The van der Waals surface area contributed by atoms with Gasteiger partial charge in [-0.3, -0.25) is 62.5 Å². The van der Waals surface area contributed by atoms with Crippen molar-refractivity contribution in [3.8, 4) is 0 Å². The Morgan fingerprint density at radius 2 is 1.09 bits per heavy atom. The number of amides is 11. The molecule has 2 aliphatic rings. The highest BCUT2D eigenvalue weighted by Crippen LogP contribution is 2.19. The van der Waals surface area contributed by atoms with E-state index in [1.54, 1.807) is 110 Å². The van der Waals surface area contributed by atoms with Crippen LogP contribution in [0.15, 0.2) is 59.6 Å². The fourth-order valence-corrected chi connectivity index (χ4v) is 10.2. The highest BCUT2D eigenvalue weighted by Gasteiger charge is 2.41.